The van der Waals surface area contributed by atoms with Gasteiger partial charge < -0.3 is 10.5 Å². The molecule has 0 spiro atoms. The van der Waals surface area contributed by atoms with Gasteiger partial charge in [-0.15, -0.1) is 0 Å². The van der Waals surface area contributed by atoms with Gasteiger partial charge in [0.15, 0.2) is 0 Å². The molecule has 1 heterocycles. The highest BCUT2D eigenvalue weighted by Gasteiger charge is 2.00. The van der Waals surface area contributed by atoms with Crippen LogP contribution >= 0.6 is 0 Å². The largest absolute Gasteiger partial charge is 0.489 e. The van der Waals surface area contributed by atoms with E-state index in [-0.39, 0.29) is 0 Å². The highest BCUT2D eigenvalue weighted by atomic mass is 16.5. The van der Waals surface area contributed by atoms with Gasteiger partial charge in [0.2, 0.25) is 5.95 Å². The van der Waals surface area contributed by atoms with Crippen LogP contribution in [0.25, 0.3) is 0 Å². The van der Waals surface area contributed by atoms with Crippen molar-refractivity contribution in [3.63, 3.8) is 0 Å². The molecule has 3 rings (SSSR count). The summed E-state index contributed by atoms with van der Waals surface area (Å²) < 4.78 is 7.33. The monoisotopic (exact) mass is 331 g/mol. The zero-order chi connectivity index (χ0) is 17.6. The number of ether oxygens (including phenoxy) is 1. The SMILES string of the molecule is Cc1cn(N=Cc2cccc(OCc3ccc(C#N)cc3)c2)c(N)n1. The van der Waals surface area contributed by atoms with Crippen LogP contribution in [0.3, 0.4) is 0 Å². The summed E-state index contributed by atoms with van der Waals surface area (Å²) in [5.74, 6) is 1.09. The van der Waals surface area contributed by atoms with Gasteiger partial charge >= 0.3 is 0 Å². The Morgan fingerprint density at radius 1 is 1.28 bits per heavy atom. The molecule has 0 bridgehead atoms. The number of hydrogen-bond donors (Lipinski definition) is 1. The number of nitriles is 1. The molecule has 0 amide bonds. The summed E-state index contributed by atoms with van der Waals surface area (Å²) in [6.07, 6.45) is 3.46. The Morgan fingerprint density at radius 3 is 2.76 bits per heavy atom. The molecule has 0 fully saturated rings. The lowest BCUT2D eigenvalue weighted by molar-refractivity contribution is 0.306. The molecule has 0 aliphatic rings. The minimum Gasteiger partial charge on any atom is -0.489 e. The van der Waals surface area contributed by atoms with E-state index in [1.807, 2.05) is 43.3 Å². The Balaban J connectivity index is 1.66. The summed E-state index contributed by atoms with van der Waals surface area (Å²) >= 11 is 0. The number of imidazole rings is 1. The molecule has 0 aliphatic heterocycles. The Labute approximate surface area is 145 Å². The first-order chi connectivity index (χ1) is 12.1. The second-order valence-electron chi connectivity index (χ2n) is 5.50. The van der Waals surface area contributed by atoms with Crippen LogP contribution in [0, 0.1) is 18.3 Å². The number of nitrogen functional groups attached to an aromatic ring is 1. The third-order valence-corrected chi connectivity index (χ3v) is 3.51. The lowest BCUT2D eigenvalue weighted by Crippen LogP contribution is -1.98. The molecule has 3 aromatic rings. The van der Waals surface area contributed by atoms with Gasteiger partial charge in [0.05, 0.1) is 29.7 Å². The molecule has 6 nitrogen and oxygen atoms in total. The summed E-state index contributed by atoms with van der Waals surface area (Å²) in [6.45, 7) is 2.29. The van der Waals surface area contributed by atoms with Crippen LogP contribution < -0.4 is 10.5 Å². The minimum atomic E-state index is 0.349. The smallest absolute Gasteiger partial charge is 0.221 e. The van der Waals surface area contributed by atoms with Gasteiger partial charge in [0, 0.05) is 0 Å². The van der Waals surface area contributed by atoms with Crippen LogP contribution in [-0.2, 0) is 6.61 Å². The van der Waals surface area contributed by atoms with E-state index in [1.165, 1.54) is 4.68 Å². The molecule has 0 aliphatic carbocycles. The average molecular weight is 331 g/mol. The van der Waals surface area contributed by atoms with Crippen molar-refractivity contribution < 1.29 is 4.74 Å². The van der Waals surface area contributed by atoms with Gasteiger partial charge in [-0.1, -0.05) is 24.3 Å². The molecular formula is C19H17N5O. The van der Waals surface area contributed by atoms with Gasteiger partial charge in [-0.05, 0) is 42.3 Å². The van der Waals surface area contributed by atoms with Crippen LogP contribution in [0.2, 0.25) is 0 Å². The van der Waals surface area contributed by atoms with E-state index in [0.29, 0.717) is 18.1 Å². The second-order valence-corrected chi connectivity index (χ2v) is 5.50. The molecule has 1 aromatic heterocycles. The zero-order valence-corrected chi connectivity index (χ0v) is 13.8. The van der Waals surface area contributed by atoms with Gasteiger partial charge in [0.1, 0.15) is 12.4 Å². The highest BCUT2D eigenvalue weighted by molar-refractivity contribution is 5.80. The third kappa shape index (κ3) is 4.24. The van der Waals surface area contributed by atoms with E-state index < -0.39 is 0 Å². The third-order valence-electron chi connectivity index (χ3n) is 3.51. The van der Waals surface area contributed by atoms with Gasteiger partial charge in [-0.25, -0.2) is 9.66 Å². The normalized spacial score (nSPS) is 10.7. The number of nitrogens with zero attached hydrogens (tertiary/aromatic N) is 4. The van der Waals surface area contributed by atoms with E-state index in [2.05, 4.69) is 16.2 Å². The van der Waals surface area contributed by atoms with Crippen molar-refractivity contribution in [2.24, 2.45) is 5.10 Å². The number of aryl methyl sites for hydroxylation is 1. The van der Waals surface area contributed by atoms with Crippen LogP contribution in [0.5, 0.6) is 5.75 Å². The number of hydrogen-bond acceptors (Lipinski definition) is 5. The van der Waals surface area contributed by atoms with Crippen molar-refractivity contribution in [2.45, 2.75) is 13.5 Å². The van der Waals surface area contributed by atoms with Crippen molar-refractivity contribution >= 4 is 12.2 Å². The molecule has 6 heteroatoms. The lowest BCUT2D eigenvalue weighted by atomic mass is 10.1. The van der Waals surface area contributed by atoms with Gasteiger partial charge in [-0.2, -0.15) is 10.4 Å². The quantitative estimate of drug-likeness (QED) is 0.727. The lowest BCUT2D eigenvalue weighted by Gasteiger charge is -2.07. The number of benzene rings is 2. The Kier molecular flexibility index (Phi) is 4.77. The first kappa shape index (κ1) is 16.3. The topological polar surface area (TPSA) is 89.2 Å². The predicted octanol–water partition coefficient (Wildman–Crippen LogP) is 3.11. The highest BCUT2D eigenvalue weighted by Crippen LogP contribution is 2.15. The van der Waals surface area contributed by atoms with Gasteiger partial charge in [-0.3, -0.25) is 0 Å². The van der Waals surface area contributed by atoms with Gasteiger partial charge in [0.25, 0.3) is 0 Å². The Morgan fingerprint density at radius 2 is 2.08 bits per heavy atom. The molecule has 124 valence electrons. The molecule has 0 saturated heterocycles. The predicted molar refractivity (Wildman–Crippen MR) is 96.3 cm³/mol. The molecule has 0 unspecified atom stereocenters. The van der Waals surface area contributed by atoms with Crippen LogP contribution in [0.15, 0.2) is 59.8 Å². The maximum Gasteiger partial charge on any atom is 0.221 e. The molecule has 2 N–H and O–H groups in total. The summed E-state index contributed by atoms with van der Waals surface area (Å²) in [5.41, 5.74) is 9.10. The van der Waals surface area contributed by atoms with Crippen LogP contribution in [0.1, 0.15) is 22.4 Å². The minimum absolute atomic E-state index is 0.349. The molecule has 2 aromatic carbocycles. The number of aromatic nitrogens is 2. The van der Waals surface area contributed by atoms with Crippen molar-refractivity contribution in [2.75, 3.05) is 5.73 Å². The molecule has 0 atom stereocenters. The zero-order valence-electron chi connectivity index (χ0n) is 13.8. The van der Waals surface area contributed by atoms with Crippen LogP contribution in [0.4, 0.5) is 5.95 Å². The number of nitrogens with two attached hydrogens (primary N) is 1. The average Bonchev–Trinajstić information content (AvgIpc) is 2.96. The van der Waals surface area contributed by atoms with E-state index in [9.17, 15) is 0 Å². The fraction of sp³-hybridized carbons (Fsp3) is 0.105. The summed E-state index contributed by atoms with van der Waals surface area (Å²) in [7, 11) is 0. The van der Waals surface area contributed by atoms with E-state index in [4.69, 9.17) is 15.7 Å². The fourth-order valence-corrected chi connectivity index (χ4v) is 2.25. The molecule has 25 heavy (non-hydrogen) atoms. The standard InChI is InChI=1S/C19H17N5O/c1-14-12-24(19(21)23-14)22-11-17-3-2-4-18(9-17)25-13-16-7-5-15(10-20)6-8-16/h2-9,11-12H,13H2,1H3,(H2,21,23). The first-order valence-corrected chi connectivity index (χ1v) is 7.72. The Bertz CT molecular complexity index is 935. The van der Waals surface area contributed by atoms with Crippen molar-refractivity contribution in [1.82, 2.24) is 9.66 Å². The molecule has 0 radical (unpaired) electrons. The maximum absolute atomic E-state index is 8.81. The molecular weight excluding hydrogens is 314 g/mol. The van der Waals surface area contributed by atoms with Crippen molar-refractivity contribution in [3.05, 3.63) is 77.1 Å². The van der Waals surface area contributed by atoms with Crippen molar-refractivity contribution in [3.8, 4) is 11.8 Å². The van der Waals surface area contributed by atoms with E-state index in [1.54, 1.807) is 24.5 Å². The van der Waals surface area contributed by atoms with Crippen molar-refractivity contribution in [1.29, 1.82) is 5.26 Å². The first-order valence-electron chi connectivity index (χ1n) is 7.72. The summed E-state index contributed by atoms with van der Waals surface area (Å²) in [6, 6.07) is 17.0. The molecule has 0 saturated carbocycles. The fourth-order valence-electron chi connectivity index (χ4n) is 2.25. The second kappa shape index (κ2) is 7.32. The number of anilines is 1. The van der Waals surface area contributed by atoms with Crippen LogP contribution in [-0.4, -0.2) is 15.9 Å². The maximum atomic E-state index is 8.81. The summed E-state index contributed by atoms with van der Waals surface area (Å²) in [4.78, 5) is 4.10. The Hall–Kier alpha value is -3.59. The number of rotatable bonds is 5. The van der Waals surface area contributed by atoms with E-state index >= 15 is 0 Å². The van der Waals surface area contributed by atoms with E-state index in [0.717, 1.165) is 22.6 Å². The summed E-state index contributed by atoms with van der Waals surface area (Å²) in [5, 5.41) is 13.1.